The van der Waals surface area contributed by atoms with Gasteiger partial charge in [0.15, 0.2) is 4.96 Å². The van der Waals surface area contributed by atoms with Crippen molar-refractivity contribution in [2.24, 2.45) is 0 Å². The molecule has 29 heavy (non-hydrogen) atoms. The summed E-state index contributed by atoms with van der Waals surface area (Å²) in [5.74, 6) is -0.190. The monoisotopic (exact) mass is 408 g/mol. The van der Waals surface area contributed by atoms with Crippen molar-refractivity contribution in [2.75, 3.05) is 0 Å². The fraction of sp³-hybridized carbons (Fsp3) is 0.100. The molecule has 3 heterocycles. The number of nitro groups is 1. The largest absolute Gasteiger partial charge is 0.391 e. The number of aromatic nitrogens is 3. The normalized spacial score (nSPS) is 11.5. The number of rotatable bonds is 6. The van der Waals surface area contributed by atoms with E-state index in [9.17, 15) is 20.0 Å². The smallest absolute Gasteiger partial charge is 0.275 e. The second-order valence-electron chi connectivity index (χ2n) is 6.38. The first-order valence-corrected chi connectivity index (χ1v) is 9.52. The fourth-order valence-corrected chi connectivity index (χ4v) is 3.92. The molecule has 0 radical (unpaired) electrons. The van der Waals surface area contributed by atoms with E-state index in [-0.39, 0.29) is 17.0 Å². The lowest BCUT2D eigenvalue weighted by atomic mass is 10.1. The highest BCUT2D eigenvalue weighted by Crippen LogP contribution is 2.32. The Balaban J connectivity index is 1.84. The number of hydrogen-bond donors (Lipinski definition) is 2. The van der Waals surface area contributed by atoms with Gasteiger partial charge in [-0.25, -0.2) is 4.98 Å². The Kier molecular flexibility index (Phi) is 4.83. The van der Waals surface area contributed by atoms with Crippen LogP contribution >= 0.6 is 11.3 Å². The molecule has 4 rings (SSSR count). The number of aryl methyl sites for hydroxylation is 1. The lowest BCUT2D eigenvalue weighted by molar-refractivity contribution is -0.385. The van der Waals surface area contributed by atoms with Gasteiger partial charge in [-0.2, -0.15) is 0 Å². The predicted molar refractivity (Wildman–Crippen MR) is 110 cm³/mol. The average Bonchev–Trinajstić information content (AvgIpc) is 3.42. The minimum Gasteiger partial charge on any atom is -0.391 e. The number of ketones is 1. The molecular formula is C20H16N4O4S. The zero-order chi connectivity index (χ0) is 20.5. The molecule has 0 aliphatic heterocycles. The maximum absolute atomic E-state index is 12.4. The zero-order valence-corrected chi connectivity index (χ0v) is 16.1. The van der Waals surface area contributed by atoms with Gasteiger partial charge in [0.25, 0.3) is 5.69 Å². The summed E-state index contributed by atoms with van der Waals surface area (Å²) in [6.45, 7) is 1.53. The summed E-state index contributed by atoms with van der Waals surface area (Å²) < 4.78 is 1.86. The number of aliphatic hydroxyl groups excluding tert-OH is 1. The summed E-state index contributed by atoms with van der Waals surface area (Å²) in [6, 6.07) is 8.03. The number of nitrogens with zero attached hydrogens (tertiary/aromatic N) is 3. The quantitative estimate of drug-likeness (QED) is 0.217. The molecule has 0 atom stereocenters. The van der Waals surface area contributed by atoms with Crippen molar-refractivity contribution in [2.45, 2.75) is 13.5 Å². The molecule has 0 aliphatic carbocycles. The van der Waals surface area contributed by atoms with Gasteiger partial charge in [0.05, 0.1) is 34.2 Å². The van der Waals surface area contributed by atoms with Gasteiger partial charge in [0, 0.05) is 28.9 Å². The van der Waals surface area contributed by atoms with Gasteiger partial charge in [0.1, 0.15) is 0 Å². The molecule has 3 aromatic heterocycles. The van der Waals surface area contributed by atoms with Crippen LogP contribution in [0.25, 0.3) is 22.3 Å². The number of aliphatic hydroxyl groups is 1. The molecule has 8 nitrogen and oxygen atoms in total. The van der Waals surface area contributed by atoms with Gasteiger partial charge >= 0.3 is 0 Å². The number of aromatic amines is 1. The van der Waals surface area contributed by atoms with E-state index in [0.29, 0.717) is 22.6 Å². The third kappa shape index (κ3) is 3.48. The van der Waals surface area contributed by atoms with Crippen molar-refractivity contribution < 1.29 is 14.8 Å². The zero-order valence-electron chi connectivity index (χ0n) is 15.3. The summed E-state index contributed by atoms with van der Waals surface area (Å²) in [6.07, 6.45) is 6.69. The summed E-state index contributed by atoms with van der Waals surface area (Å²) >= 11 is 1.48. The van der Waals surface area contributed by atoms with Crippen molar-refractivity contribution in [1.29, 1.82) is 0 Å². The van der Waals surface area contributed by atoms with Crippen LogP contribution in [-0.2, 0) is 6.61 Å². The van der Waals surface area contributed by atoms with Crippen LogP contribution in [0.3, 0.4) is 0 Å². The van der Waals surface area contributed by atoms with Crippen LogP contribution in [0.15, 0.2) is 48.8 Å². The minimum atomic E-state index is -0.526. The molecule has 2 N–H and O–H groups in total. The second-order valence-corrected chi connectivity index (χ2v) is 7.59. The van der Waals surface area contributed by atoms with Crippen LogP contribution < -0.4 is 0 Å². The van der Waals surface area contributed by atoms with E-state index in [1.807, 2.05) is 17.5 Å². The van der Waals surface area contributed by atoms with Crippen molar-refractivity contribution in [3.63, 3.8) is 0 Å². The summed E-state index contributed by atoms with van der Waals surface area (Å²) in [4.78, 5) is 32.5. The van der Waals surface area contributed by atoms with Crippen LogP contribution in [0.4, 0.5) is 5.69 Å². The molecule has 0 amide bonds. The summed E-state index contributed by atoms with van der Waals surface area (Å²) in [7, 11) is 0. The molecule has 4 aromatic rings. The number of benzene rings is 1. The highest BCUT2D eigenvalue weighted by Gasteiger charge is 2.19. The highest BCUT2D eigenvalue weighted by molar-refractivity contribution is 7.17. The van der Waals surface area contributed by atoms with E-state index < -0.39 is 11.5 Å². The van der Waals surface area contributed by atoms with Crippen molar-refractivity contribution >= 4 is 33.8 Å². The van der Waals surface area contributed by atoms with Gasteiger partial charge in [-0.05, 0) is 37.3 Å². The number of carbonyl (C=O) groups excluding carboxylic acids is 1. The predicted octanol–water partition coefficient (Wildman–Crippen LogP) is 4.00. The fourth-order valence-electron chi connectivity index (χ4n) is 3.09. The molecule has 9 heteroatoms. The Morgan fingerprint density at radius 1 is 1.41 bits per heavy atom. The van der Waals surface area contributed by atoms with E-state index in [1.54, 1.807) is 30.5 Å². The van der Waals surface area contributed by atoms with Gasteiger partial charge in [0.2, 0.25) is 5.78 Å². The Morgan fingerprint density at radius 3 is 2.93 bits per heavy atom. The molecule has 0 saturated carbocycles. The minimum absolute atomic E-state index is 0.171. The molecule has 1 aromatic carbocycles. The van der Waals surface area contributed by atoms with E-state index in [0.717, 1.165) is 9.84 Å². The number of hydrogen-bond acceptors (Lipinski definition) is 6. The number of allylic oxidation sites excluding steroid dienone is 1. The number of fused-ring (bicyclic) bond motifs is 1. The van der Waals surface area contributed by atoms with Crippen LogP contribution in [0, 0.1) is 17.0 Å². The number of thiazole rings is 1. The number of nitrogens with one attached hydrogen (secondary N) is 1. The van der Waals surface area contributed by atoms with E-state index in [4.69, 9.17) is 0 Å². The molecule has 0 bridgehead atoms. The van der Waals surface area contributed by atoms with Crippen LogP contribution in [0.1, 0.15) is 26.6 Å². The maximum atomic E-state index is 12.4. The van der Waals surface area contributed by atoms with Gasteiger partial charge in [-0.1, -0.05) is 6.07 Å². The van der Waals surface area contributed by atoms with E-state index in [2.05, 4.69) is 9.97 Å². The van der Waals surface area contributed by atoms with Crippen molar-refractivity contribution in [3.05, 3.63) is 80.7 Å². The van der Waals surface area contributed by atoms with E-state index in [1.165, 1.54) is 29.5 Å². The van der Waals surface area contributed by atoms with Crippen molar-refractivity contribution in [1.82, 2.24) is 14.4 Å². The topological polar surface area (TPSA) is 114 Å². The van der Waals surface area contributed by atoms with E-state index >= 15 is 0 Å². The first-order valence-electron chi connectivity index (χ1n) is 8.70. The average molecular weight is 408 g/mol. The summed E-state index contributed by atoms with van der Waals surface area (Å²) in [5, 5.41) is 20.7. The molecular weight excluding hydrogens is 392 g/mol. The summed E-state index contributed by atoms with van der Waals surface area (Å²) in [5.41, 5.74) is 2.24. The van der Waals surface area contributed by atoms with Crippen LogP contribution in [0.5, 0.6) is 0 Å². The number of carbonyl (C=O) groups is 1. The third-order valence-corrected chi connectivity index (χ3v) is 5.36. The molecule has 0 spiro atoms. The van der Waals surface area contributed by atoms with Crippen molar-refractivity contribution in [3.8, 4) is 11.3 Å². The Hall–Kier alpha value is -3.56. The SMILES string of the molecule is Cc1cn2c(/C=C/C(=O)c3ccc[nH]3)c(-c3ccc(CO)c([N+](=O)[O-])c3)nc2s1. The second kappa shape index (κ2) is 7.46. The Morgan fingerprint density at radius 2 is 2.24 bits per heavy atom. The highest BCUT2D eigenvalue weighted by atomic mass is 32.1. The molecule has 0 unspecified atom stereocenters. The molecule has 0 saturated heterocycles. The standard InChI is InChI=1S/C20H16N4O4S/c1-12-10-23-16(6-7-18(26)15-3-2-8-21-15)19(22-20(23)29-12)13-4-5-14(11-25)17(9-13)24(27)28/h2-10,21,25H,11H2,1H3/b7-6+. The third-order valence-electron chi connectivity index (χ3n) is 4.46. The number of imidazole rings is 1. The lowest BCUT2D eigenvalue weighted by Crippen LogP contribution is -1.97. The van der Waals surface area contributed by atoms with Crippen LogP contribution in [-0.4, -0.2) is 30.2 Å². The van der Waals surface area contributed by atoms with Gasteiger partial charge < -0.3 is 10.1 Å². The Labute approximate surface area is 168 Å². The van der Waals surface area contributed by atoms with Gasteiger partial charge in [-0.15, -0.1) is 11.3 Å². The maximum Gasteiger partial charge on any atom is 0.275 e. The number of nitro benzene ring substituents is 1. The molecule has 0 aliphatic rings. The molecule has 146 valence electrons. The first-order chi connectivity index (χ1) is 14.0. The van der Waals surface area contributed by atoms with Crippen LogP contribution in [0.2, 0.25) is 0 Å². The number of H-pyrrole nitrogens is 1. The Bertz CT molecular complexity index is 1250. The van der Waals surface area contributed by atoms with Gasteiger partial charge in [-0.3, -0.25) is 19.3 Å². The molecule has 0 fully saturated rings. The first kappa shape index (κ1) is 18.8. The lowest BCUT2D eigenvalue weighted by Gasteiger charge is -2.04.